The zero-order valence-corrected chi connectivity index (χ0v) is 13.8. The van der Waals surface area contributed by atoms with E-state index in [2.05, 4.69) is 0 Å². The number of rotatable bonds is 4. The SMILES string of the molecule is COc1ccc2c(Cn3c(C(=O)O)cc4ccccc43)cccc2c1. The number of hydrogen-bond donors (Lipinski definition) is 1. The number of nitrogens with zero attached hydrogens (tertiary/aromatic N) is 1. The molecule has 0 unspecified atom stereocenters. The van der Waals surface area contributed by atoms with E-state index in [0.29, 0.717) is 12.2 Å². The summed E-state index contributed by atoms with van der Waals surface area (Å²) >= 11 is 0. The van der Waals surface area contributed by atoms with Crippen LogP contribution in [0.3, 0.4) is 0 Å². The Labute approximate surface area is 144 Å². The molecule has 0 atom stereocenters. The van der Waals surface area contributed by atoms with Crippen molar-refractivity contribution in [2.75, 3.05) is 7.11 Å². The summed E-state index contributed by atoms with van der Waals surface area (Å²) in [5.74, 6) is -0.111. The first-order valence-electron chi connectivity index (χ1n) is 8.04. The number of aromatic nitrogens is 1. The van der Waals surface area contributed by atoms with Gasteiger partial charge in [-0.1, -0.05) is 42.5 Å². The fourth-order valence-corrected chi connectivity index (χ4v) is 3.32. The van der Waals surface area contributed by atoms with E-state index in [9.17, 15) is 9.90 Å². The summed E-state index contributed by atoms with van der Waals surface area (Å²) in [6.07, 6.45) is 0. The van der Waals surface area contributed by atoms with Crippen molar-refractivity contribution in [1.29, 1.82) is 0 Å². The van der Waals surface area contributed by atoms with E-state index in [-0.39, 0.29) is 0 Å². The third kappa shape index (κ3) is 2.62. The Hall–Kier alpha value is -3.27. The van der Waals surface area contributed by atoms with Gasteiger partial charge >= 0.3 is 5.97 Å². The highest BCUT2D eigenvalue weighted by Crippen LogP contribution is 2.27. The Morgan fingerprint density at radius 1 is 1.00 bits per heavy atom. The van der Waals surface area contributed by atoms with Crippen molar-refractivity contribution in [3.63, 3.8) is 0 Å². The van der Waals surface area contributed by atoms with Crippen LogP contribution in [-0.2, 0) is 6.54 Å². The van der Waals surface area contributed by atoms with E-state index in [1.165, 1.54) is 0 Å². The predicted molar refractivity (Wildman–Crippen MR) is 98.5 cm³/mol. The van der Waals surface area contributed by atoms with E-state index >= 15 is 0 Å². The van der Waals surface area contributed by atoms with Crippen molar-refractivity contribution in [3.8, 4) is 5.75 Å². The molecule has 0 aliphatic heterocycles. The van der Waals surface area contributed by atoms with Gasteiger partial charge < -0.3 is 14.4 Å². The minimum absolute atomic E-state index is 0.298. The Morgan fingerprint density at radius 3 is 2.60 bits per heavy atom. The van der Waals surface area contributed by atoms with Gasteiger partial charge in [0, 0.05) is 17.4 Å². The van der Waals surface area contributed by atoms with E-state index < -0.39 is 5.97 Å². The average molecular weight is 331 g/mol. The summed E-state index contributed by atoms with van der Waals surface area (Å²) in [6, 6.07) is 21.5. The van der Waals surface area contributed by atoms with Gasteiger partial charge in [0.05, 0.1) is 7.11 Å². The topological polar surface area (TPSA) is 51.5 Å². The van der Waals surface area contributed by atoms with Crippen LogP contribution in [-0.4, -0.2) is 22.8 Å². The number of methoxy groups -OCH3 is 1. The lowest BCUT2D eigenvalue weighted by atomic mass is 10.0. The van der Waals surface area contributed by atoms with E-state index in [4.69, 9.17) is 4.74 Å². The Bertz CT molecular complexity index is 1090. The number of para-hydroxylation sites is 1. The molecule has 0 fully saturated rings. The maximum atomic E-state index is 11.7. The number of carbonyl (C=O) groups is 1. The Kier molecular flexibility index (Phi) is 3.65. The first-order valence-corrected chi connectivity index (χ1v) is 8.04. The minimum atomic E-state index is -0.918. The van der Waals surface area contributed by atoms with Crippen molar-refractivity contribution in [2.24, 2.45) is 0 Å². The largest absolute Gasteiger partial charge is 0.497 e. The standard InChI is InChI=1S/C21H17NO3/c1-25-17-9-10-18-14(11-17)6-4-7-16(18)13-22-19-8-3-2-5-15(19)12-20(22)21(23)24/h2-12H,13H2,1H3,(H,23,24). The number of carboxylic acids is 1. The molecule has 0 amide bonds. The highest BCUT2D eigenvalue weighted by Gasteiger charge is 2.15. The van der Waals surface area contributed by atoms with E-state index in [1.54, 1.807) is 13.2 Å². The molecule has 3 aromatic carbocycles. The van der Waals surface area contributed by atoms with Gasteiger partial charge in [0.25, 0.3) is 0 Å². The van der Waals surface area contributed by atoms with Crippen molar-refractivity contribution >= 4 is 27.6 Å². The second-order valence-electron chi connectivity index (χ2n) is 5.98. The molecule has 0 aliphatic carbocycles. The maximum Gasteiger partial charge on any atom is 0.352 e. The molecule has 0 saturated heterocycles. The van der Waals surface area contributed by atoms with Gasteiger partial charge in [-0.15, -0.1) is 0 Å². The molecule has 124 valence electrons. The van der Waals surface area contributed by atoms with Crippen LogP contribution in [0.4, 0.5) is 0 Å². The van der Waals surface area contributed by atoms with Gasteiger partial charge in [0.2, 0.25) is 0 Å². The van der Waals surface area contributed by atoms with E-state index in [0.717, 1.165) is 33.0 Å². The second kappa shape index (κ2) is 5.98. The third-order valence-corrected chi connectivity index (χ3v) is 4.54. The number of benzene rings is 3. The molecule has 4 aromatic rings. The molecular weight excluding hydrogens is 314 g/mol. The lowest BCUT2D eigenvalue weighted by molar-refractivity contribution is 0.0686. The smallest absolute Gasteiger partial charge is 0.352 e. The molecule has 0 spiro atoms. The van der Waals surface area contributed by atoms with Crippen LogP contribution in [0.1, 0.15) is 16.1 Å². The first kappa shape index (κ1) is 15.3. The first-order chi connectivity index (χ1) is 12.2. The molecule has 4 nitrogen and oxygen atoms in total. The van der Waals surface area contributed by atoms with E-state index in [1.807, 2.05) is 65.2 Å². The monoisotopic (exact) mass is 331 g/mol. The fraction of sp³-hybridized carbons (Fsp3) is 0.0952. The van der Waals surface area contributed by atoms with Crippen molar-refractivity contribution in [3.05, 3.63) is 78.0 Å². The molecule has 4 heteroatoms. The van der Waals surface area contributed by atoms with Gasteiger partial charge in [0.15, 0.2) is 0 Å². The molecule has 0 saturated carbocycles. The van der Waals surface area contributed by atoms with Gasteiger partial charge in [-0.05, 0) is 40.6 Å². The van der Waals surface area contributed by atoms with Crippen LogP contribution in [0.25, 0.3) is 21.7 Å². The zero-order chi connectivity index (χ0) is 17.4. The molecular formula is C21H17NO3. The fourth-order valence-electron chi connectivity index (χ4n) is 3.32. The van der Waals surface area contributed by atoms with Gasteiger partial charge in [-0.2, -0.15) is 0 Å². The summed E-state index contributed by atoms with van der Waals surface area (Å²) in [6.45, 7) is 0.499. The summed E-state index contributed by atoms with van der Waals surface area (Å²) in [5.41, 5.74) is 2.29. The Morgan fingerprint density at radius 2 is 1.80 bits per heavy atom. The molecule has 0 aliphatic rings. The second-order valence-corrected chi connectivity index (χ2v) is 5.98. The molecule has 1 N–H and O–H groups in total. The third-order valence-electron chi connectivity index (χ3n) is 4.54. The van der Waals surface area contributed by atoms with Crippen LogP contribution in [0.2, 0.25) is 0 Å². The van der Waals surface area contributed by atoms with Crippen LogP contribution in [0, 0.1) is 0 Å². The molecule has 1 aromatic heterocycles. The van der Waals surface area contributed by atoms with Crippen molar-refractivity contribution in [2.45, 2.75) is 6.54 Å². The van der Waals surface area contributed by atoms with Crippen molar-refractivity contribution < 1.29 is 14.6 Å². The van der Waals surface area contributed by atoms with Crippen LogP contribution in [0.15, 0.2) is 66.7 Å². The molecule has 25 heavy (non-hydrogen) atoms. The summed E-state index contributed by atoms with van der Waals surface area (Å²) in [4.78, 5) is 11.7. The van der Waals surface area contributed by atoms with Gasteiger partial charge in [0.1, 0.15) is 11.4 Å². The highest BCUT2D eigenvalue weighted by molar-refractivity contribution is 5.95. The normalized spacial score (nSPS) is 11.1. The van der Waals surface area contributed by atoms with Crippen LogP contribution in [0.5, 0.6) is 5.75 Å². The number of ether oxygens (including phenoxy) is 1. The minimum Gasteiger partial charge on any atom is -0.497 e. The lowest BCUT2D eigenvalue weighted by Gasteiger charge is -2.12. The zero-order valence-electron chi connectivity index (χ0n) is 13.8. The number of aromatic carboxylic acids is 1. The van der Waals surface area contributed by atoms with Crippen molar-refractivity contribution in [1.82, 2.24) is 4.57 Å². The van der Waals surface area contributed by atoms with Crippen LogP contribution < -0.4 is 4.74 Å². The Balaban J connectivity index is 1.88. The number of fused-ring (bicyclic) bond motifs is 2. The lowest BCUT2D eigenvalue weighted by Crippen LogP contribution is -2.09. The molecule has 1 heterocycles. The summed E-state index contributed by atoms with van der Waals surface area (Å²) in [7, 11) is 1.65. The number of hydrogen-bond acceptors (Lipinski definition) is 2. The quantitative estimate of drug-likeness (QED) is 0.597. The molecule has 0 radical (unpaired) electrons. The number of carboxylic acid groups (broad SMARTS) is 1. The predicted octanol–water partition coefficient (Wildman–Crippen LogP) is 4.55. The molecule has 4 rings (SSSR count). The van der Waals surface area contributed by atoms with Crippen LogP contribution >= 0.6 is 0 Å². The average Bonchev–Trinajstić information content (AvgIpc) is 3.00. The van der Waals surface area contributed by atoms with Gasteiger partial charge in [-0.25, -0.2) is 4.79 Å². The van der Waals surface area contributed by atoms with Gasteiger partial charge in [-0.3, -0.25) is 0 Å². The maximum absolute atomic E-state index is 11.7. The highest BCUT2D eigenvalue weighted by atomic mass is 16.5. The molecule has 0 bridgehead atoms. The summed E-state index contributed by atoms with van der Waals surface area (Å²) in [5, 5.41) is 12.7. The summed E-state index contributed by atoms with van der Waals surface area (Å²) < 4.78 is 7.15.